The molecule has 0 unspecified atom stereocenters. The molecule has 5 heteroatoms. The number of benzene rings is 1. The molecular formula is C26H36O5. The van der Waals surface area contributed by atoms with E-state index < -0.39 is 17.7 Å². The molecule has 0 radical (unpaired) electrons. The summed E-state index contributed by atoms with van der Waals surface area (Å²) in [6, 6.07) is 3.54. The van der Waals surface area contributed by atoms with Crippen LogP contribution in [0.25, 0.3) is 0 Å². The summed E-state index contributed by atoms with van der Waals surface area (Å²) >= 11 is 0. The van der Waals surface area contributed by atoms with Crippen LogP contribution in [-0.2, 0) is 6.42 Å². The number of aliphatic hydroxyl groups excluding tert-OH is 1. The van der Waals surface area contributed by atoms with E-state index >= 15 is 0 Å². The average Bonchev–Trinajstić information content (AvgIpc) is 3.24. The van der Waals surface area contributed by atoms with E-state index in [4.69, 9.17) is 4.74 Å². The van der Waals surface area contributed by atoms with Crippen LogP contribution in [0, 0.1) is 24.7 Å². The van der Waals surface area contributed by atoms with Gasteiger partial charge in [-0.15, -0.1) is 0 Å². The molecule has 2 aliphatic carbocycles. The van der Waals surface area contributed by atoms with E-state index in [2.05, 4.69) is 12.2 Å². The van der Waals surface area contributed by atoms with Crippen LogP contribution in [0.3, 0.4) is 0 Å². The Bertz CT molecular complexity index is 836. The number of aryl methyl sites for hydroxylation is 1. The number of fused-ring (bicyclic) bond motifs is 2. The van der Waals surface area contributed by atoms with Gasteiger partial charge in [-0.25, -0.2) is 4.79 Å². The molecular weight excluding hydrogens is 392 g/mol. The number of aliphatic hydroxyl groups is 2. The van der Waals surface area contributed by atoms with Gasteiger partial charge in [0, 0.05) is 23.8 Å². The molecule has 0 aromatic heterocycles. The summed E-state index contributed by atoms with van der Waals surface area (Å²) in [5.41, 5.74) is 1.29. The van der Waals surface area contributed by atoms with Gasteiger partial charge in [-0.3, -0.25) is 0 Å². The van der Waals surface area contributed by atoms with Crippen molar-refractivity contribution in [3.8, 4) is 5.75 Å². The van der Waals surface area contributed by atoms with Crippen LogP contribution in [-0.4, -0.2) is 39.1 Å². The average molecular weight is 429 g/mol. The lowest BCUT2D eigenvalue weighted by Crippen LogP contribution is -2.27. The molecule has 0 bridgehead atoms. The highest BCUT2D eigenvalue weighted by molar-refractivity contribution is 5.90. The van der Waals surface area contributed by atoms with Crippen molar-refractivity contribution in [1.82, 2.24) is 0 Å². The first kappa shape index (κ1) is 22.3. The molecule has 1 heterocycles. The normalized spacial score (nSPS) is 30.5. The summed E-state index contributed by atoms with van der Waals surface area (Å²) in [5.74, 6) is 0.565. The van der Waals surface area contributed by atoms with Gasteiger partial charge in [-0.2, -0.15) is 0 Å². The third-order valence-corrected chi connectivity index (χ3v) is 7.74. The Balaban J connectivity index is 1.44. The lowest BCUT2D eigenvalue weighted by Gasteiger charge is -2.26. The first-order chi connectivity index (χ1) is 14.7. The zero-order chi connectivity index (χ0) is 22.2. The van der Waals surface area contributed by atoms with Crippen molar-refractivity contribution in [2.45, 2.75) is 89.4 Å². The topological polar surface area (TPSA) is 87.0 Å². The third kappa shape index (κ3) is 4.83. The molecule has 3 N–H and O–H groups in total. The fourth-order valence-corrected chi connectivity index (χ4v) is 6.10. The minimum atomic E-state index is -0.943. The minimum absolute atomic E-state index is 0.000781. The van der Waals surface area contributed by atoms with E-state index in [1.165, 1.54) is 25.7 Å². The Morgan fingerprint density at radius 1 is 1.26 bits per heavy atom. The van der Waals surface area contributed by atoms with Crippen molar-refractivity contribution >= 4 is 5.97 Å². The largest absolute Gasteiger partial charge is 0.489 e. The Morgan fingerprint density at radius 2 is 2.00 bits per heavy atom. The quantitative estimate of drug-likeness (QED) is 0.574. The van der Waals surface area contributed by atoms with Gasteiger partial charge in [0.1, 0.15) is 11.9 Å². The SMILES string of the molecule is Cc1c(C(=O)O)ccc2c1O[C@H]1C[C@@H](O)[C@H](/C=C/C[C@@](C)(O)CC3CCCC3)[C@H]1CC2. The number of carboxylic acids is 1. The van der Waals surface area contributed by atoms with Gasteiger partial charge in [0.15, 0.2) is 0 Å². The van der Waals surface area contributed by atoms with Crippen molar-refractivity contribution in [2.75, 3.05) is 0 Å². The molecule has 3 aliphatic rings. The van der Waals surface area contributed by atoms with Crippen LogP contribution in [0.1, 0.15) is 79.8 Å². The van der Waals surface area contributed by atoms with Crippen molar-refractivity contribution < 1.29 is 24.9 Å². The number of carboxylic acid groups (broad SMARTS) is 1. The predicted molar refractivity (Wildman–Crippen MR) is 119 cm³/mol. The Hall–Kier alpha value is -1.85. The van der Waals surface area contributed by atoms with Gasteiger partial charge in [0.25, 0.3) is 0 Å². The van der Waals surface area contributed by atoms with Gasteiger partial charge >= 0.3 is 5.97 Å². The summed E-state index contributed by atoms with van der Waals surface area (Å²) in [7, 11) is 0. The lowest BCUT2D eigenvalue weighted by molar-refractivity contribution is 0.0370. The smallest absolute Gasteiger partial charge is 0.336 e. The maximum absolute atomic E-state index is 11.5. The zero-order valence-electron chi connectivity index (χ0n) is 18.7. The Labute approximate surface area is 185 Å². The summed E-state index contributed by atoms with van der Waals surface area (Å²) in [6.07, 6.45) is 12.3. The molecule has 0 saturated heterocycles. The summed E-state index contributed by atoms with van der Waals surface area (Å²) in [4.78, 5) is 11.5. The molecule has 2 fully saturated rings. The van der Waals surface area contributed by atoms with E-state index in [0.29, 0.717) is 30.1 Å². The number of carbonyl (C=O) groups is 1. The van der Waals surface area contributed by atoms with Gasteiger partial charge in [0.2, 0.25) is 0 Å². The number of rotatable bonds is 6. The van der Waals surface area contributed by atoms with Crippen LogP contribution >= 0.6 is 0 Å². The van der Waals surface area contributed by atoms with Crippen LogP contribution in [0.15, 0.2) is 24.3 Å². The minimum Gasteiger partial charge on any atom is -0.489 e. The molecule has 5 atom stereocenters. The highest BCUT2D eigenvalue weighted by Crippen LogP contribution is 2.44. The molecule has 5 nitrogen and oxygen atoms in total. The second-order valence-electron chi connectivity index (χ2n) is 10.3. The van der Waals surface area contributed by atoms with Crippen molar-refractivity contribution in [3.05, 3.63) is 41.0 Å². The van der Waals surface area contributed by atoms with E-state index in [1.807, 2.05) is 13.0 Å². The predicted octanol–water partition coefficient (Wildman–Crippen LogP) is 4.66. The van der Waals surface area contributed by atoms with E-state index in [-0.39, 0.29) is 23.5 Å². The molecule has 1 aliphatic heterocycles. The summed E-state index contributed by atoms with van der Waals surface area (Å²) in [5, 5.41) is 31.0. The van der Waals surface area contributed by atoms with Crippen LogP contribution < -0.4 is 4.74 Å². The zero-order valence-corrected chi connectivity index (χ0v) is 18.7. The molecule has 31 heavy (non-hydrogen) atoms. The fourth-order valence-electron chi connectivity index (χ4n) is 6.10. The fraction of sp³-hybridized carbons (Fsp3) is 0.654. The van der Waals surface area contributed by atoms with Crippen molar-refractivity contribution in [3.63, 3.8) is 0 Å². The summed E-state index contributed by atoms with van der Waals surface area (Å²) < 4.78 is 6.33. The van der Waals surface area contributed by atoms with E-state index in [1.54, 1.807) is 13.0 Å². The maximum Gasteiger partial charge on any atom is 0.336 e. The second-order valence-corrected chi connectivity index (χ2v) is 10.3. The monoisotopic (exact) mass is 428 g/mol. The standard InChI is InChI=1S/C26H36O5/c1-16-19(25(28)29)11-9-18-10-12-21-20(22(27)14-23(21)31-24(16)18)8-5-13-26(2,30)15-17-6-3-4-7-17/h5,8-9,11,17,20-23,27,30H,3-4,6-7,10,12-15H2,1-2H3,(H,28,29)/b8-5+/t20-,21-,22-,23+,26-/m1/s1. The molecule has 1 aromatic carbocycles. The first-order valence-electron chi connectivity index (χ1n) is 11.8. The number of aromatic carboxylic acids is 1. The highest BCUT2D eigenvalue weighted by Gasteiger charge is 2.44. The molecule has 1 aromatic rings. The molecule has 170 valence electrons. The van der Waals surface area contributed by atoms with Crippen LogP contribution in [0.4, 0.5) is 0 Å². The highest BCUT2D eigenvalue weighted by atomic mass is 16.5. The Morgan fingerprint density at radius 3 is 2.71 bits per heavy atom. The number of ether oxygens (including phenoxy) is 1. The van der Waals surface area contributed by atoms with Crippen LogP contribution in [0.2, 0.25) is 0 Å². The maximum atomic E-state index is 11.5. The van der Waals surface area contributed by atoms with Gasteiger partial charge in [-0.1, -0.05) is 43.9 Å². The van der Waals surface area contributed by atoms with E-state index in [0.717, 1.165) is 24.8 Å². The first-order valence-corrected chi connectivity index (χ1v) is 11.8. The molecule has 0 spiro atoms. The van der Waals surface area contributed by atoms with E-state index in [9.17, 15) is 20.1 Å². The Kier molecular flexibility index (Phi) is 6.45. The van der Waals surface area contributed by atoms with Gasteiger partial charge < -0.3 is 20.1 Å². The molecule has 0 amide bonds. The van der Waals surface area contributed by atoms with Gasteiger partial charge in [-0.05, 0) is 57.1 Å². The van der Waals surface area contributed by atoms with Crippen molar-refractivity contribution in [1.29, 1.82) is 0 Å². The third-order valence-electron chi connectivity index (χ3n) is 7.74. The second kappa shape index (κ2) is 8.95. The van der Waals surface area contributed by atoms with Crippen molar-refractivity contribution in [2.24, 2.45) is 17.8 Å². The lowest BCUT2D eigenvalue weighted by atomic mass is 9.85. The van der Waals surface area contributed by atoms with Crippen LogP contribution in [0.5, 0.6) is 5.75 Å². The van der Waals surface area contributed by atoms with Gasteiger partial charge in [0.05, 0.1) is 17.3 Å². The number of hydrogen-bond donors (Lipinski definition) is 3. The summed E-state index contributed by atoms with van der Waals surface area (Å²) in [6.45, 7) is 3.73. The molecule has 2 saturated carbocycles. The molecule has 4 rings (SSSR count). The number of hydrogen-bond acceptors (Lipinski definition) is 4.